The van der Waals surface area contributed by atoms with Gasteiger partial charge < -0.3 is 4.42 Å². The van der Waals surface area contributed by atoms with Crippen LogP contribution in [0.3, 0.4) is 0 Å². The van der Waals surface area contributed by atoms with E-state index in [1.54, 1.807) is 0 Å². The fourth-order valence-electron chi connectivity index (χ4n) is 8.05. The molecule has 0 amide bonds. The van der Waals surface area contributed by atoms with Crippen LogP contribution in [0, 0.1) is 0 Å². The molecular formula is C48H32O. The molecule has 0 aliphatic heterocycles. The first-order valence-electron chi connectivity index (χ1n) is 17.1. The second-order valence-electron chi connectivity index (χ2n) is 13.2. The van der Waals surface area contributed by atoms with Crippen molar-refractivity contribution in [3.05, 3.63) is 182 Å². The third kappa shape index (κ3) is 4.54. The van der Waals surface area contributed by atoms with Crippen LogP contribution in [0.2, 0.25) is 0 Å². The average molecular weight is 625 g/mol. The van der Waals surface area contributed by atoms with Gasteiger partial charge in [-0.25, -0.2) is 0 Å². The minimum Gasteiger partial charge on any atom is -0.456 e. The molecule has 1 heteroatoms. The van der Waals surface area contributed by atoms with E-state index >= 15 is 0 Å². The van der Waals surface area contributed by atoms with Crippen LogP contribution in [0.25, 0.3) is 87.6 Å². The summed E-state index contributed by atoms with van der Waals surface area (Å²) >= 11 is 0. The van der Waals surface area contributed by atoms with E-state index in [1.807, 2.05) is 0 Å². The minimum atomic E-state index is 0.441. The zero-order valence-corrected chi connectivity index (χ0v) is 26.9. The molecule has 0 radical (unpaired) electrons. The molecule has 0 spiro atoms. The molecule has 1 aromatic heterocycles. The molecule has 9 aromatic rings. The van der Waals surface area contributed by atoms with Crippen LogP contribution in [0.15, 0.2) is 180 Å². The second kappa shape index (κ2) is 11.2. The minimum absolute atomic E-state index is 0.441. The van der Waals surface area contributed by atoms with E-state index in [9.17, 15) is 0 Å². The summed E-state index contributed by atoms with van der Waals surface area (Å²) in [6.07, 6.45) is 9.93. The molecule has 10 rings (SSSR count). The highest BCUT2D eigenvalue weighted by atomic mass is 16.3. The normalized spacial score (nSPS) is 14.5. The summed E-state index contributed by atoms with van der Waals surface area (Å²) in [5.41, 5.74) is 10.5. The highest BCUT2D eigenvalue weighted by molar-refractivity contribution is 6.26. The van der Waals surface area contributed by atoms with Crippen molar-refractivity contribution in [2.45, 2.75) is 12.3 Å². The topological polar surface area (TPSA) is 13.1 Å². The van der Waals surface area contributed by atoms with E-state index in [0.717, 1.165) is 28.4 Å². The Labute approximate surface area is 285 Å². The van der Waals surface area contributed by atoms with Crippen molar-refractivity contribution in [1.82, 2.24) is 0 Å². The van der Waals surface area contributed by atoms with E-state index in [0.29, 0.717) is 5.92 Å². The molecule has 0 bridgehead atoms. The number of fused-ring (bicyclic) bond motifs is 6. The summed E-state index contributed by atoms with van der Waals surface area (Å²) in [5, 5.41) is 9.82. The first kappa shape index (κ1) is 27.9. The van der Waals surface area contributed by atoms with Gasteiger partial charge in [0.2, 0.25) is 0 Å². The monoisotopic (exact) mass is 624 g/mol. The maximum Gasteiger partial charge on any atom is 0.136 e. The first-order valence-corrected chi connectivity index (χ1v) is 17.1. The Hall–Kier alpha value is -6.18. The molecule has 0 fully saturated rings. The van der Waals surface area contributed by atoms with Gasteiger partial charge in [0.05, 0.1) is 0 Å². The zero-order chi connectivity index (χ0) is 32.3. The van der Waals surface area contributed by atoms with Gasteiger partial charge in [-0.15, -0.1) is 0 Å². The van der Waals surface area contributed by atoms with E-state index < -0.39 is 0 Å². The van der Waals surface area contributed by atoms with Crippen LogP contribution in [0.4, 0.5) is 0 Å². The van der Waals surface area contributed by atoms with Gasteiger partial charge in [0.1, 0.15) is 11.2 Å². The third-order valence-corrected chi connectivity index (χ3v) is 10.4. The highest BCUT2D eigenvalue weighted by Gasteiger charge is 2.21. The lowest BCUT2D eigenvalue weighted by atomic mass is 9.84. The van der Waals surface area contributed by atoms with E-state index in [1.165, 1.54) is 71.3 Å². The summed E-state index contributed by atoms with van der Waals surface area (Å²) in [6, 6.07) is 55.5. The quantitative estimate of drug-likeness (QED) is 0.178. The molecule has 0 saturated heterocycles. The zero-order valence-electron chi connectivity index (χ0n) is 26.9. The lowest BCUT2D eigenvalue weighted by Crippen LogP contribution is -1.96. The smallest absolute Gasteiger partial charge is 0.136 e. The van der Waals surface area contributed by atoms with Gasteiger partial charge in [0, 0.05) is 16.7 Å². The molecule has 1 heterocycles. The summed E-state index contributed by atoms with van der Waals surface area (Å²) in [7, 11) is 0. The summed E-state index contributed by atoms with van der Waals surface area (Å²) in [4.78, 5) is 0. The van der Waals surface area contributed by atoms with Crippen LogP contribution < -0.4 is 0 Å². The van der Waals surface area contributed by atoms with Crippen molar-refractivity contribution in [2.75, 3.05) is 0 Å². The molecule has 0 saturated carbocycles. The van der Waals surface area contributed by atoms with Crippen LogP contribution in [-0.2, 0) is 0 Å². The van der Waals surface area contributed by atoms with Gasteiger partial charge in [-0.2, -0.15) is 0 Å². The van der Waals surface area contributed by atoms with Crippen LogP contribution >= 0.6 is 0 Å². The molecule has 0 N–H and O–H groups in total. The average Bonchev–Trinajstić information content (AvgIpc) is 3.56. The SMILES string of the molecule is C1=CCC(c2ccc3cc(-c4c5ccccc5c(-c5cccc6oc7ccc(-c8ccccc8)cc7c56)c5ccccc45)ccc3c2)C=C1. The predicted octanol–water partition coefficient (Wildman–Crippen LogP) is 13.6. The van der Waals surface area contributed by atoms with Crippen molar-refractivity contribution >= 4 is 54.3 Å². The lowest BCUT2D eigenvalue weighted by molar-refractivity contribution is 0.669. The van der Waals surface area contributed by atoms with Crippen molar-refractivity contribution in [2.24, 2.45) is 0 Å². The molecule has 1 aliphatic rings. The third-order valence-electron chi connectivity index (χ3n) is 10.4. The van der Waals surface area contributed by atoms with Crippen molar-refractivity contribution < 1.29 is 4.42 Å². The number of hydrogen-bond donors (Lipinski definition) is 0. The molecule has 8 aromatic carbocycles. The fraction of sp³-hybridized carbons (Fsp3) is 0.0417. The summed E-state index contributed by atoms with van der Waals surface area (Å²) in [5.74, 6) is 0.441. The van der Waals surface area contributed by atoms with Gasteiger partial charge in [0.15, 0.2) is 0 Å². The Kier molecular flexibility index (Phi) is 6.38. The standard InChI is InChI=1S/C48H32O/c1-3-12-31(13-4-1)33-22-23-35-29-37(25-24-34(35)28-33)46-38-16-7-9-18-40(38)47(41-19-10-8-17-39(41)46)42-20-11-21-45-48(42)43-30-36(26-27-44(43)49-45)32-14-5-2-6-15-32/h1-12,14-31H,13H2. The number of benzene rings is 8. The maximum atomic E-state index is 6.50. The maximum absolute atomic E-state index is 6.50. The van der Waals surface area contributed by atoms with Gasteiger partial charge in [-0.3, -0.25) is 0 Å². The van der Waals surface area contributed by atoms with Gasteiger partial charge in [0.25, 0.3) is 0 Å². The fourth-order valence-corrected chi connectivity index (χ4v) is 8.05. The van der Waals surface area contributed by atoms with Crippen LogP contribution in [0.5, 0.6) is 0 Å². The molecule has 1 aliphatic carbocycles. The summed E-state index contributed by atoms with van der Waals surface area (Å²) < 4.78 is 6.50. The van der Waals surface area contributed by atoms with E-state index in [-0.39, 0.29) is 0 Å². The molecule has 1 unspecified atom stereocenters. The molecule has 1 nitrogen and oxygen atoms in total. The van der Waals surface area contributed by atoms with Gasteiger partial charge in [-0.05, 0) is 102 Å². The van der Waals surface area contributed by atoms with Crippen molar-refractivity contribution in [3.63, 3.8) is 0 Å². The number of allylic oxidation sites excluding steroid dienone is 4. The van der Waals surface area contributed by atoms with Crippen molar-refractivity contribution in [1.29, 1.82) is 0 Å². The van der Waals surface area contributed by atoms with E-state index in [4.69, 9.17) is 4.42 Å². The first-order chi connectivity index (χ1) is 24.3. The Balaban J connectivity index is 1.21. The number of hydrogen-bond acceptors (Lipinski definition) is 1. The lowest BCUT2D eigenvalue weighted by Gasteiger charge is -2.19. The van der Waals surface area contributed by atoms with Crippen molar-refractivity contribution in [3.8, 4) is 33.4 Å². The van der Waals surface area contributed by atoms with Crippen LogP contribution in [-0.4, -0.2) is 0 Å². The Bertz CT molecular complexity index is 2740. The second-order valence-corrected chi connectivity index (χ2v) is 13.2. The van der Waals surface area contributed by atoms with Gasteiger partial charge >= 0.3 is 0 Å². The Morgan fingerprint density at radius 3 is 1.90 bits per heavy atom. The van der Waals surface area contributed by atoms with Gasteiger partial charge in [-0.1, -0.05) is 152 Å². The predicted molar refractivity (Wildman–Crippen MR) is 208 cm³/mol. The molecule has 1 atom stereocenters. The number of rotatable bonds is 4. The molecule has 49 heavy (non-hydrogen) atoms. The largest absolute Gasteiger partial charge is 0.456 e. The Morgan fingerprint density at radius 1 is 0.449 bits per heavy atom. The Morgan fingerprint density at radius 2 is 1.14 bits per heavy atom. The highest BCUT2D eigenvalue weighted by Crippen LogP contribution is 2.47. The molecular weight excluding hydrogens is 593 g/mol. The van der Waals surface area contributed by atoms with E-state index in [2.05, 4.69) is 176 Å². The summed E-state index contributed by atoms with van der Waals surface area (Å²) in [6.45, 7) is 0. The molecule has 230 valence electrons. The van der Waals surface area contributed by atoms with Crippen LogP contribution in [0.1, 0.15) is 17.9 Å². The number of furan rings is 1.